The van der Waals surface area contributed by atoms with E-state index in [1.807, 2.05) is 0 Å². The van der Waals surface area contributed by atoms with Gasteiger partial charge in [0.15, 0.2) is 0 Å². The molecule has 2 atom stereocenters. The van der Waals surface area contributed by atoms with E-state index in [-0.39, 0.29) is 22.6 Å². The van der Waals surface area contributed by atoms with E-state index in [4.69, 9.17) is 22.1 Å². The minimum Gasteiger partial charge on any atom is -0.495 e. The van der Waals surface area contributed by atoms with Crippen molar-refractivity contribution in [3.05, 3.63) is 23.2 Å². The smallest absolute Gasteiger partial charge is 0.246 e. The van der Waals surface area contributed by atoms with Gasteiger partial charge in [-0.3, -0.25) is 0 Å². The summed E-state index contributed by atoms with van der Waals surface area (Å²) in [5.41, 5.74) is 5.76. The average Bonchev–Trinajstić information content (AvgIpc) is 2.94. The molecule has 1 aliphatic rings. The lowest BCUT2D eigenvalue weighted by molar-refractivity contribution is 0.302. The number of hydrogen-bond acceptors (Lipinski definition) is 4. The third kappa shape index (κ3) is 3.18. The van der Waals surface area contributed by atoms with Gasteiger partial charge >= 0.3 is 0 Å². The molecule has 1 fully saturated rings. The number of methoxy groups -OCH3 is 1. The van der Waals surface area contributed by atoms with Crippen molar-refractivity contribution in [2.75, 3.05) is 20.7 Å². The Morgan fingerprint density at radius 2 is 2.14 bits per heavy atom. The molecule has 1 aromatic rings. The van der Waals surface area contributed by atoms with Gasteiger partial charge in [0.25, 0.3) is 0 Å². The van der Waals surface area contributed by atoms with Gasteiger partial charge in [-0.25, -0.2) is 8.42 Å². The molecule has 0 aromatic heterocycles. The van der Waals surface area contributed by atoms with Crippen molar-refractivity contribution in [1.82, 2.24) is 4.31 Å². The van der Waals surface area contributed by atoms with Crippen LogP contribution in [0.5, 0.6) is 5.75 Å². The van der Waals surface area contributed by atoms with Crippen molar-refractivity contribution in [2.24, 2.45) is 11.7 Å². The Morgan fingerprint density at radius 1 is 1.43 bits per heavy atom. The highest BCUT2D eigenvalue weighted by molar-refractivity contribution is 7.89. The number of nitrogens with zero attached hydrogens (tertiary/aromatic N) is 1. The van der Waals surface area contributed by atoms with E-state index in [2.05, 4.69) is 0 Å². The standard InChI is InChI=1S/C14H21ClN2O3S/c1-17(12-5-3-4-10(12)9-16)21(18,19)14-7-6-11(15)8-13(14)20-2/h6-8,10,12H,3-5,9,16H2,1-2H3. The quantitative estimate of drug-likeness (QED) is 0.896. The average molecular weight is 333 g/mol. The lowest BCUT2D eigenvalue weighted by Crippen LogP contribution is -2.41. The maximum absolute atomic E-state index is 12.8. The number of rotatable bonds is 5. The van der Waals surface area contributed by atoms with Crippen molar-refractivity contribution < 1.29 is 13.2 Å². The Labute approximate surface area is 131 Å². The molecular weight excluding hydrogens is 312 g/mol. The van der Waals surface area contributed by atoms with Crippen molar-refractivity contribution in [1.29, 1.82) is 0 Å². The predicted octanol–water partition coefficient (Wildman–Crippen LogP) is 2.10. The van der Waals surface area contributed by atoms with Crippen LogP contribution >= 0.6 is 11.6 Å². The maximum Gasteiger partial charge on any atom is 0.246 e. The van der Waals surface area contributed by atoms with E-state index in [0.717, 1.165) is 19.3 Å². The SMILES string of the molecule is COc1cc(Cl)ccc1S(=O)(=O)N(C)C1CCCC1CN. The van der Waals surface area contributed by atoms with Crippen LogP contribution in [0.2, 0.25) is 5.02 Å². The zero-order valence-corrected chi connectivity index (χ0v) is 13.8. The van der Waals surface area contributed by atoms with Gasteiger partial charge in [0, 0.05) is 24.2 Å². The van der Waals surface area contributed by atoms with Gasteiger partial charge in [0.05, 0.1) is 7.11 Å². The molecular formula is C14H21ClN2O3S. The number of hydrogen-bond donors (Lipinski definition) is 1. The van der Waals surface area contributed by atoms with Crippen LogP contribution in [0, 0.1) is 5.92 Å². The fourth-order valence-corrected chi connectivity index (χ4v) is 4.70. The first-order valence-corrected chi connectivity index (χ1v) is 8.75. The Morgan fingerprint density at radius 3 is 2.76 bits per heavy atom. The van der Waals surface area contributed by atoms with Gasteiger partial charge in [0.2, 0.25) is 10.0 Å². The molecule has 1 aromatic carbocycles. The van der Waals surface area contributed by atoms with Crippen molar-refractivity contribution in [3.8, 4) is 5.75 Å². The highest BCUT2D eigenvalue weighted by atomic mass is 35.5. The lowest BCUT2D eigenvalue weighted by Gasteiger charge is -2.28. The summed E-state index contributed by atoms with van der Waals surface area (Å²) in [7, 11) is -0.584. The number of nitrogens with two attached hydrogens (primary N) is 1. The summed E-state index contributed by atoms with van der Waals surface area (Å²) in [6, 6.07) is 4.50. The summed E-state index contributed by atoms with van der Waals surface area (Å²) in [6.45, 7) is 0.502. The van der Waals surface area contributed by atoms with Crippen LogP contribution in [-0.4, -0.2) is 39.5 Å². The van der Waals surface area contributed by atoms with E-state index >= 15 is 0 Å². The van der Waals surface area contributed by atoms with E-state index < -0.39 is 10.0 Å². The minimum atomic E-state index is -3.63. The van der Waals surface area contributed by atoms with Crippen LogP contribution in [0.25, 0.3) is 0 Å². The van der Waals surface area contributed by atoms with Crippen LogP contribution in [0.3, 0.4) is 0 Å². The molecule has 5 nitrogen and oxygen atoms in total. The Balaban J connectivity index is 2.37. The summed E-state index contributed by atoms with van der Waals surface area (Å²) in [5.74, 6) is 0.472. The zero-order valence-electron chi connectivity index (χ0n) is 12.3. The summed E-state index contributed by atoms with van der Waals surface area (Å²) >= 11 is 5.89. The monoisotopic (exact) mass is 332 g/mol. The molecule has 0 heterocycles. The van der Waals surface area contributed by atoms with Crippen LogP contribution in [0.1, 0.15) is 19.3 Å². The number of benzene rings is 1. The summed E-state index contributed by atoms with van der Waals surface area (Å²) in [6.07, 6.45) is 2.82. The van der Waals surface area contributed by atoms with Gasteiger partial charge in [-0.1, -0.05) is 18.0 Å². The fraction of sp³-hybridized carbons (Fsp3) is 0.571. The molecule has 7 heteroatoms. The van der Waals surface area contributed by atoms with E-state index in [9.17, 15) is 8.42 Å². The van der Waals surface area contributed by atoms with Crippen LogP contribution in [0.4, 0.5) is 0 Å². The topological polar surface area (TPSA) is 72.6 Å². The summed E-state index contributed by atoms with van der Waals surface area (Å²) < 4.78 is 32.3. The molecule has 0 radical (unpaired) electrons. The van der Waals surface area contributed by atoms with Gasteiger partial charge in [0.1, 0.15) is 10.6 Å². The molecule has 118 valence electrons. The number of sulfonamides is 1. The zero-order chi connectivity index (χ0) is 15.6. The molecule has 0 aliphatic heterocycles. The van der Waals surface area contributed by atoms with Gasteiger partial charge in [-0.15, -0.1) is 0 Å². The fourth-order valence-electron chi connectivity index (χ4n) is 2.96. The lowest BCUT2D eigenvalue weighted by atomic mass is 10.0. The first kappa shape index (κ1) is 16.5. The molecule has 1 aliphatic carbocycles. The molecule has 2 unspecified atom stereocenters. The third-order valence-corrected chi connectivity index (χ3v) is 6.33. The molecule has 2 rings (SSSR count). The second-order valence-electron chi connectivity index (χ2n) is 5.31. The second kappa shape index (κ2) is 6.52. The summed E-state index contributed by atoms with van der Waals surface area (Å²) in [4.78, 5) is 0.138. The van der Waals surface area contributed by atoms with Gasteiger partial charge < -0.3 is 10.5 Å². The van der Waals surface area contributed by atoms with Crippen LogP contribution in [-0.2, 0) is 10.0 Å². The Bertz CT molecular complexity index is 606. The van der Waals surface area contributed by atoms with Crippen molar-refractivity contribution >= 4 is 21.6 Å². The van der Waals surface area contributed by atoms with Crippen molar-refractivity contribution in [3.63, 3.8) is 0 Å². The number of ether oxygens (including phenoxy) is 1. The Hall–Kier alpha value is -0.820. The Kier molecular flexibility index (Phi) is 5.14. The molecule has 1 saturated carbocycles. The summed E-state index contributed by atoms with van der Waals surface area (Å²) in [5, 5.41) is 0.439. The molecule has 2 N–H and O–H groups in total. The predicted molar refractivity (Wildman–Crippen MR) is 83.1 cm³/mol. The van der Waals surface area contributed by atoms with Gasteiger partial charge in [-0.2, -0.15) is 4.31 Å². The van der Waals surface area contributed by atoms with Crippen molar-refractivity contribution in [2.45, 2.75) is 30.2 Å². The first-order chi connectivity index (χ1) is 9.91. The highest BCUT2D eigenvalue weighted by Gasteiger charge is 2.37. The largest absolute Gasteiger partial charge is 0.495 e. The maximum atomic E-state index is 12.8. The number of halogens is 1. The van der Waals surface area contributed by atoms with Crippen LogP contribution in [0.15, 0.2) is 23.1 Å². The molecule has 0 saturated heterocycles. The van der Waals surface area contributed by atoms with E-state index in [1.54, 1.807) is 13.1 Å². The molecule has 0 bridgehead atoms. The second-order valence-corrected chi connectivity index (χ2v) is 7.71. The molecule has 0 amide bonds. The third-order valence-electron chi connectivity index (χ3n) is 4.17. The molecule has 21 heavy (non-hydrogen) atoms. The minimum absolute atomic E-state index is 0.0552. The normalized spacial score (nSPS) is 22.7. The highest BCUT2D eigenvalue weighted by Crippen LogP contribution is 2.35. The van der Waals surface area contributed by atoms with E-state index in [1.165, 1.54) is 23.5 Å². The first-order valence-electron chi connectivity index (χ1n) is 6.93. The molecule has 0 spiro atoms. The van der Waals surface area contributed by atoms with Crippen LogP contribution < -0.4 is 10.5 Å². The van der Waals surface area contributed by atoms with E-state index in [0.29, 0.717) is 11.6 Å². The van der Waals surface area contributed by atoms with Gasteiger partial charge in [-0.05, 0) is 37.4 Å².